The second-order valence-electron chi connectivity index (χ2n) is 3.70. The molecule has 2 aromatic carbocycles. The number of phenols is 2. The zero-order chi connectivity index (χ0) is 15.1. The van der Waals surface area contributed by atoms with E-state index in [-0.39, 0.29) is 11.5 Å². The molecule has 20 heavy (non-hydrogen) atoms. The molecule has 2 rings (SSSR count). The molecule has 0 bridgehead atoms. The van der Waals surface area contributed by atoms with Gasteiger partial charge in [0, 0.05) is 22.2 Å². The lowest BCUT2D eigenvalue weighted by Crippen LogP contribution is -1.86. The number of aromatic hydroxyl groups is 2. The van der Waals surface area contributed by atoms with E-state index >= 15 is 0 Å². The number of phenolic OH excluding ortho intramolecular Hbond substituents is 2. The third-order valence-electron chi connectivity index (χ3n) is 2.18. The first-order chi connectivity index (χ1) is 9.44. The van der Waals surface area contributed by atoms with Gasteiger partial charge < -0.3 is 19.7 Å². The van der Waals surface area contributed by atoms with Crippen LogP contribution in [0, 0.1) is 0 Å². The summed E-state index contributed by atoms with van der Waals surface area (Å²) in [6.45, 7) is 0. The van der Waals surface area contributed by atoms with Crippen molar-refractivity contribution in [3.05, 3.63) is 46.4 Å². The van der Waals surface area contributed by atoms with Gasteiger partial charge in [-0.2, -0.15) is 0 Å². The van der Waals surface area contributed by atoms with E-state index in [4.69, 9.17) is 42.9 Å². The Morgan fingerprint density at radius 2 is 1.10 bits per heavy atom. The maximum atomic E-state index is 8.75. The van der Waals surface area contributed by atoms with Gasteiger partial charge in [0.05, 0.1) is 14.2 Å². The van der Waals surface area contributed by atoms with E-state index in [9.17, 15) is 0 Å². The number of hydrogen-bond acceptors (Lipinski definition) is 4. The van der Waals surface area contributed by atoms with Crippen molar-refractivity contribution in [2.75, 3.05) is 14.2 Å². The van der Waals surface area contributed by atoms with E-state index in [0.717, 1.165) is 0 Å². The SMILES string of the molecule is COc1cc(Cl)cc(OC)c1.Oc1cc(O)cc(Cl)c1. The van der Waals surface area contributed by atoms with Gasteiger partial charge in [0.25, 0.3) is 0 Å². The largest absolute Gasteiger partial charge is 0.508 e. The predicted octanol–water partition coefficient (Wildman–Crippen LogP) is 4.11. The number of ether oxygens (including phenoxy) is 2. The van der Waals surface area contributed by atoms with E-state index in [1.165, 1.54) is 18.2 Å². The Hall–Kier alpha value is -1.78. The molecule has 0 heterocycles. The average molecular weight is 317 g/mol. The standard InChI is InChI=1S/C8H9ClO2.C6H5ClO2/c1-10-7-3-6(9)4-8(5-7)11-2;7-4-1-5(8)3-6(9)2-4/h3-5H,1-2H3;1-3,8-9H. The van der Waals surface area contributed by atoms with Gasteiger partial charge in [-0.05, 0) is 24.3 Å². The van der Waals surface area contributed by atoms with Crippen LogP contribution in [0.15, 0.2) is 36.4 Å². The smallest absolute Gasteiger partial charge is 0.124 e. The Morgan fingerprint density at radius 3 is 1.45 bits per heavy atom. The second-order valence-corrected chi connectivity index (χ2v) is 4.57. The topological polar surface area (TPSA) is 58.9 Å². The predicted molar refractivity (Wildman–Crippen MR) is 79.3 cm³/mol. The number of benzene rings is 2. The van der Waals surface area contributed by atoms with E-state index in [1.807, 2.05) is 0 Å². The summed E-state index contributed by atoms with van der Waals surface area (Å²) in [5, 5.41) is 18.4. The van der Waals surface area contributed by atoms with Crippen LogP contribution in [0.4, 0.5) is 0 Å². The zero-order valence-corrected chi connectivity index (χ0v) is 12.4. The molecule has 4 nitrogen and oxygen atoms in total. The number of methoxy groups -OCH3 is 2. The van der Waals surface area contributed by atoms with Gasteiger partial charge in [-0.15, -0.1) is 0 Å². The number of halogens is 2. The Bertz CT molecular complexity index is 500. The van der Waals surface area contributed by atoms with Crippen molar-refractivity contribution in [1.82, 2.24) is 0 Å². The summed E-state index contributed by atoms with van der Waals surface area (Å²) in [5.74, 6) is 1.35. The summed E-state index contributed by atoms with van der Waals surface area (Å²) in [6, 6.07) is 9.13. The van der Waals surface area contributed by atoms with Crippen LogP contribution in [-0.2, 0) is 0 Å². The maximum Gasteiger partial charge on any atom is 0.124 e. The highest BCUT2D eigenvalue weighted by Crippen LogP contribution is 2.25. The average Bonchev–Trinajstić information content (AvgIpc) is 2.37. The first-order valence-electron chi connectivity index (χ1n) is 5.51. The number of hydrogen-bond donors (Lipinski definition) is 2. The van der Waals surface area contributed by atoms with Gasteiger partial charge in [-0.25, -0.2) is 0 Å². The zero-order valence-electron chi connectivity index (χ0n) is 10.9. The quantitative estimate of drug-likeness (QED) is 0.875. The van der Waals surface area contributed by atoms with Crippen LogP contribution in [0.5, 0.6) is 23.0 Å². The summed E-state index contributed by atoms with van der Waals surface area (Å²) in [4.78, 5) is 0. The summed E-state index contributed by atoms with van der Waals surface area (Å²) in [6.07, 6.45) is 0. The van der Waals surface area contributed by atoms with Crippen LogP contribution < -0.4 is 9.47 Å². The van der Waals surface area contributed by atoms with Crippen LogP contribution in [0.3, 0.4) is 0 Å². The summed E-state index contributed by atoms with van der Waals surface area (Å²) in [5.41, 5.74) is 0. The fourth-order valence-corrected chi connectivity index (χ4v) is 1.77. The summed E-state index contributed by atoms with van der Waals surface area (Å²) < 4.78 is 9.95. The lowest BCUT2D eigenvalue weighted by atomic mass is 10.3. The van der Waals surface area contributed by atoms with E-state index < -0.39 is 0 Å². The van der Waals surface area contributed by atoms with E-state index in [2.05, 4.69) is 0 Å². The first kappa shape index (κ1) is 16.3. The highest BCUT2D eigenvalue weighted by atomic mass is 35.5. The Morgan fingerprint density at radius 1 is 0.700 bits per heavy atom. The molecule has 0 saturated heterocycles. The molecule has 0 atom stereocenters. The fourth-order valence-electron chi connectivity index (χ4n) is 1.33. The van der Waals surface area contributed by atoms with Gasteiger partial charge in [0.1, 0.15) is 23.0 Å². The molecule has 0 fully saturated rings. The van der Waals surface area contributed by atoms with Gasteiger partial charge >= 0.3 is 0 Å². The molecule has 0 aliphatic rings. The third-order valence-corrected chi connectivity index (χ3v) is 2.62. The lowest BCUT2D eigenvalue weighted by molar-refractivity contribution is 0.394. The highest BCUT2D eigenvalue weighted by molar-refractivity contribution is 6.31. The van der Waals surface area contributed by atoms with Crippen molar-refractivity contribution in [3.63, 3.8) is 0 Å². The number of rotatable bonds is 2. The van der Waals surface area contributed by atoms with Crippen molar-refractivity contribution < 1.29 is 19.7 Å². The van der Waals surface area contributed by atoms with Gasteiger partial charge in [-0.1, -0.05) is 23.2 Å². The molecule has 2 aromatic rings. The Balaban J connectivity index is 0.000000204. The van der Waals surface area contributed by atoms with Gasteiger partial charge in [0.15, 0.2) is 0 Å². The van der Waals surface area contributed by atoms with Crippen molar-refractivity contribution in [2.24, 2.45) is 0 Å². The molecule has 0 aromatic heterocycles. The minimum Gasteiger partial charge on any atom is -0.508 e. The summed E-state index contributed by atoms with van der Waals surface area (Å²) in [7, 11) is 3.18. The highest BCUT2D eigenvalue weighted by Gasteiger charge is 1.98. The third kappa shape index (κ3) is 5.47. The normalized spacial score (nSPS) is 9.40. The molecule has 0 radical (unpaired) electrons. The van der Waals surface area contributed by atoms with Crippen LogP contribution in [0.2, 0.25) is 10.0 Å². The van der Waals surface area contributed by atoms with Crippen molar-refractivity contribution >= 4 is 23.2 Å². The van der Waals surface area contributed by atoms with Gasteiger partial charge in [-0.3, -0.25) is 0 Å². The summed E-state index contributed by atoms with van der Waals surface area (Å²) >= 11 is 11.2. The second kappa shape index (κ2) is 7.72. The molecule has 0 spiro atoms. The molecule has 6 heteroatoms. The van der Waals surface area contributed by atoms with Crippen molar-refractivity contribution in [3.8, 4) is 23.0 Å². The molecule has 0 unspecified atom stereocenters. The first-order valence-corrected chi connectivity index (χ1v) is 6.27. The Kier molecular flexibility index (Phi) is 6.28. The minimum absolute atomic E-state index is 0.0278. The molecule has 0 amide bonds. The monoisotopic (exact) mass is 316 g/mol. The molecule has 108 valence electrons. The van der Waals surface area contributed by atoms with Crippen LogP contribution in [0.25, 0.3) is 0 Å². The molecule has 0 saturated carbocycles. The molecule has 0 aliphatic carbocycles. The molecule has 0 aliphatic heterocycles. The van der Waals surface area contributed by atoms with E-state index in [1.54, 1.807) is 32.4 Å². The molecule has 2 N–H and O–H groups in total. The fraction of sp³-hybridized carbons (Fsp3) is 0.143. The minimum atomic E-state index is -0.0278. The van der Waals surface area contributed by atoms with Crippen molar-refractivity contribution in [2.45, 2.75) is 0 Å². The molecular weight excluding hydrogens is 303 g/mol. The lowest BCUT2D eigenvalue weighted by Gasteiger charge is -2.03. The van der Waals surface area contributed by atoms with Crippen LogP contribution in [0.1, 0.15) is 0 Å². The Labute approximate surface area is 127 Å². The maximum absolute atomic E-state index is 8.75. The van der Waals surface area contributed by atoms with Crippen molar-refractivity contribution in [1.29, 1.82) is 0 Å². The van der Waals surface area contributed by atoms with Gasteiger partial charge in [0.2, 0.25) is 0 Å². The van der Waals surface area contributed by atoms with E-state index in [0.29, 0.717) is 21.5 Å². The molecular formula is C14H14Cl2O4. The van der Waals surface area contributed by atoms with Crippen LogP contribution >= 0.6 is 23.2 Å². The van der Waals surface area contributed by atoms with Crippen LogP contribution in [-0.4, -0.2) is 24.4 Å².